The van der Waals surface area contributed by atoms with E-state index in [1.165, 1.54) is 57.7 Å². The topological polar surface area (TPSA) is 153 Å². The van der Waals surface area contributed by atoms with E-state index in [4.69, 9.17) is 18.9 Å². The smallest absolute Gasteiger partial charge is 0.412 e. The third-order valence-electron chi connectivity index (χ3n) is 11.6. The number of carbonyl (C=O) groups excluding carboxylic acids is 3. The van der Waals surface area contributed by atoms with Crippen molar-refractivity contribution in [3.63, 3.8) is 0 Å². The molecule has 0 aliphatic heterocycles. The Labute approximate surface area is 419 Å². The van der Waals surface area contributed by atoms with Crippen LogP contribution < -0.4 is 24.6 Å². The van der Waals surface area contributed by atoms with E-state index in [9.17, 15) is 31.6 Å². The molecule has 1 amide bonds. The lowest BCUT2D eigenvalue weighted by atomic mass is 10.0. The van der Waals surface area contributed by atoms with Gasteiger partial charge in [-0.15, -0.1) is 0 Å². The Morgan fingerprint density at radius 2 is 1.03 bits per heavy atom. The molecule has 7 aromatic carbocycles. The van der Waals surface area contributed by atoms with Crippen LogP contribution in [0.15, 0.2) is 150 Å². The fourth-order valence-electron chi connectivity index (χ4n) is 8.13. The normalized spacial score (nSPS) is 12.1. The Balaban J connectivity index is 0.000000237. The van der Waals surface area contributed by atoms with Crippen LogP contribution in [0.3, 0.4) is 0 Å². The molecular formula is C56H60F2N4O9S. The molecule has 0 saturated heterocycles. The Bertz CT molecular complexity index is 3130. The number of ether oxygens (including phenoxy) is 4. The van der Waals surface area contributed by atoms with Gasteiger partial charge in [-0.25, -0.2) is 22.0 Å². The molecule has 0 spiro atoms. The standard InChI is InChI=1S/C29H29FN2O5S.C27H31FN2O4/c1-20(17-29(33)37-3)32(19-21-7-6-8-22(30)18-21)28-16-15-27(25-9-4-5-10-26(25)28)31-38(34,35)24-13-11-23(36-2)12-14-24;1-18(15-25(31)33-5)30(17-19-9-8-10-20(28)16-19)24-14-13-23(21-11-6-7-12-22(21)24)29-26(32)34-27(2,3)4/h4-16,18,20,31H,17,19H2,1-3H3;6-14,16,18H,15,17H2,1-5H3,(H,29,32)/t20-;18-/m00/s1. The molecular weight excluding hydrogens is 943 g/mol. The summed E-state index contributed by atoms with van der Waals surface area (Å²) in [4.78, 5) is 40.7. The van der Waals surface area contributed by atoms with Crippen molar-refractivity contribution in [1.82, 2.24) is 0 Å². The molecule has 2 N–H and O–H groups in total. The number of anilines is 4. The summed E-state index contributed by atoms with van der Waals surface area (Å²) in [5, 5.41) is 5.98. The van der Waals surface area contributed by atoms with Crippen LogP contribution in [-0.4, -0.2) is 65.5 Å². The van der Waals surface area contributed by atoms with Crippen LogP contribution in [0, 0.1) is 11.6 Å². The number of halogens is 2. The first-order valence-corrected chi connectivity index (χ1v) is 24.6. The van der Waals surface area contributed by atoms with E-state index in [2.05, 4.69) is 10.0 Å². The number of rotatable bonds is 17. The number of methoxy groups -OCH3 is 3. The number of amides is 1. The van der Waals surface area contributed by atoms with Crippen LogP contribution in [0.25, 0.3) is 21.5 Å². The van der Waals surface area contributed by atoms with Gasteiger partial charge in [-0.2, -0.15) is 0 Å². The molecule has 13 nitrogen and oxygen atoms in total. The van der Waals surface area contributed by atoms with Crippen molar-refractivity contribution in [2.24, 2.45) is 0 Å². The maximum Gasteiger partial charge on any atom is 0.412 e. The van der Waals surface area contributed by atoms with Gasteiger partial charge in [0.25, 0.3) is 10.0 Å². The van der Waals surface area contributed by atoms with Gasteiger partial charge in [-0.05, 0) is 119 Å². The first kappa shape index (κ1) is 53.6. The molecule has 0 unspecified atom stereocenters. The van der Waals surface area contributed by atoms with Crippen molar-refractivity contribution in [1.29, 1.82) is 0 Å². The van der Waals surface area contributed by atoms with Gasteiger partial charge in [0.15, 0.2) is 0 Å². The molecule has 378 valence electrons. The SMILES string of the molecule is COC(=O)C[C@H](C)N(Cc1cccc(F)c1)c1ccc(NC(=O)OC(C)(C)C)c2ccccc12.COC(=O)C[C@H](C)N(Cc1cccc(F)c1)c1ccc(NS(=O)(=O)c2ccc(OC)cc2)c2ccccc12. The van der Waals surface area contributed by atoms with Gasteiger partial charge in [0, 0.05) is 58.1 Å². The zero-order valence-electron chi connectivity index (χ0n) is 41.6. The second-order valence-electron chi connectivity index (χ2n) is 18.0. The number of esters is 2. The Hall–Kier alpha value is -7.72. The summed E-state index contributed by atoms with van der Waals surface area (Å²) in [6.45, 7) is 9.96. The molecule has 0 saturated carbocycles. The van der Waals surface area contributed by atoms with Crippen LogP contribution >= 0.6 is 0 Å². The Kier molecular flexibility index (Phi) is 17.8. The Morgan fingerprint density at radius 3 is 1.46 bits per heavy atom. The zero-order chi connectivity index (χ0) is 52.2. The lowest BCUT2D eigenvalue weighted by Gasteiger charge is -2.32. The van der Waals surface area contributed by atoms with E-state index < -0.39 is 21.7 Å². The highest BCUT2D eigenvalue weighted by molar-refractivity contribution is 7.92. The van der Waals surface area contributed by atoms with Crippen LogP contribution in [0.1, 0.15) is 58.6 Å². The second-order valence-corrected chi connectivity index (χ2v) is 19.7. The molecule has 72 heavy (non-hydrogen) atoms. The minimum absolute atomic E-state index is 0.103. The number of hydrogen-bond donors (Lipinski definition) is 2. The first-order valence-electron chi connectivity index (χ1n) is 23.1. The van der Waals surface area contributed by atoms with Gasteiger partial charge in [0.05, 0.1) is 50.4 Å². The number of carbonyl (C=O) groups is 3. The lowest BCUT2D eigenvalue weighted by molar-refractivity contribution is -0.141. The predicted molar refractivity (Wildman–Crippen MR) is 279 cm³/mol. The van der Waals surface area contributed by atoms with Gasteiger partial charge < -0.3 is 28.7 Å². The highest BCUT2D eigenvalue weighted by Crippen LogP contribution is 2.37. The summed E-state index contributed by atoms with van der Waals surface area (Å²) in [7, 11) is 0.337. The van der Waals surface area contributed by atoms with Crippen LogP contribution in [0.4, 0.5) is 36.3 Å². The summed E-state index contributed by atoms with van der Waals surface area (Å²) in [5.74, 6) is -0.812. The van der Waals surface area contributed by atoms with E-state index in [0.29, 0.717) is 35.6 Å². The summed E-state index contributed by atoms with van der Waals surface area (Å²) in [6.07, 6.45) is -0.259. The van der Waals surface area contributed by atoms with Crippen LogP contribution in [0.5, 0.6) is 5.75 Å². The number of nitrogens with zero attached hydrogens (tertiary/aromatic N) is 2. The molecule has 0 fully saturated rings. The molecule has 2 atom stereocenters. The summed E-state index contributed by atoms with van der Waals surface area (Å²) >= 11 is 0. The zero-order valence-corrected chi connectivity index (χ0v) is 42.4. The molecule has 0 heterocycles. The summed E-state index contributed by atoms with van der Waals surface area (Å²) in [5.41, 5.74) is 3.53. The van der Waals surface area contributed by atoms with E-state index in [0.717, 1.165) is 38.7 Å². The minimum atomic E-state index is -3.87. The highest BCUT2D eigenvalue weighted by Gasteiger charge is 2.25. The number of nitrogens with one attached hydrogen (secondary N) is 2. The number of fused-ring (bicyclic) bond motifs is 2. The van der Waals surface area contributed by atoms with E-state index >= 15 is 0 Å². The van der Waals surface area contributed by atoms with E-state index in [1.54, 1.807) is 57.2 Å². The van der Waals surface area contributed by atoms with Crippen molar-refractivity contribution in [2.75, 3.05) is 41.2 Å². The molecule has 0 aromatic heterocycles. The van der Waals surface area contributed by atoms with Crippen LogP contribution in [0.2, 0.25) is 0 Å². The molecule has 0 aliphatic rings. The fourth-order valence-corrected chi connectivity index (χ4v) is 9.21. The van der Waals surface area contributed by atoms with Gasteiger partial charge in [-0.1, -0.05) is 72.8 Å². The molecule has 16 heteroatoms. The molecule has 7 aromatic rings. The molecule has 7 rings (SSSR count). The first-order chi connectivity index (χ1) is 34.3. The van der Waals surface area contributed by atoms with Crippen molar-refractivity contribution in [3.8, 4) is 5.75 Å². The maximum absolute atomic E-state index is 14.0. The van der Waals surface area contributed by atoms with Crippen molar-refractivity contribution in [3.05, 3.63) is 168 Å². The largest absolute Gasteiger partial charge is 0.497 e. The number of benzene rings is 7. The second kappa shape index (κ2) is 23.9. The highest BCUT2D eigenvalue weighted by atomic mass is 32.2. The Morgan fingerprint density at radius 1 is 0.583 bits per heavy atom. The van der Waals surface area contributed by atoms with E-state index in [-0.39, 0.29) is 53.4 Å². The molecule has 0 radical (unpaired) electrons. The third kappa shape index (κ3) is 14.2. The van der Waals surface area contributed by atoms with Gasteiger partial charge in [-0.3, -0.25) is 19.6 Å². The lowest BCUT2D eigenvalue weighted by Crippen LogP contribution is -2.35. The van der Waals surface area contributed by atoms with Gasteiger partial charge >= 0.3 is 18.0 Å². The summed E-state index contributed by atoms with van der Waals surface area (Å²) in [6, 6.07) is 40.6. The monoisotopic (exact) mass is 1000 g/mol. The van der Waals surface area contributed by atoms with Crippen LogP contribution in [-0.2, 0) is 46.9 Å². The quantitative estimate of drug-likeness (QED) is 0.0662. The van der Waals surface area contributed by atoms with Crippen molar-refractivity contribution < 1.29 is 50.5 Å². The molecule has 0 aliphatic carbocycles. The van der Waals surface area contributed by atoms with Crippen molar-refractivity contribution in [2.45, 2.75) is 83.1 Å². The number of hydrogen-bond acceptors (Lipinski definition) is 11. The maximum atomic E-state index is 14.0. The number of sulfonamides is 1. The van der Waals surface area contributed by atoms with Crippen molar-refractivity contribution >= 4 is 72.3 Å². The predicted octanol–water partition coefficient (Wildman–Crippen LogP) is 12.0. The summed E-state index contributed by atoms with van der Waals surface area (Å²) < 4.78 is 77.1. The average Bonchev–Trinajstić information content (AvgIpc) is 3.35. The van der Waals surface area contributed by atoms with Gasteiger partial charge in [0.2, 0.25) is 0 Å². The fraction of sp³-hybridized carbons (Fsp3) is 0.268. The third-order valence-corrected chi connectivity index (χ3v) is 13.0. The van der Waals surface area contributed by atoms with E-state index in [1.807, 2.05) is 96.4 Å². The minimum Gasteiger partial charge on any atom is -0.497 e. The average molecular weight is 1000 g/mol. The van der Waals surface area contributed by atoms with Gasteiger partial charge in [0.1, 0.15) is 23.0 Å². The molecule has 0 bridgehead atoms.